The first-order valence-electron chi connectivity index (χ1n) is 16.2. The first-order valence-corrected chi connectivity index (χ1v) is 17.3. The molecule has 49 heavy (non-hydrogen) atoms. The Hall–Kier alpha value is -4.78. The van der Waals surface area contributed by atoms with E-state index in [1.807, 2.05) is 20.8 Å². The third-order valence-electron chi connectivity index (χ3n) is 8.76. The molecule has 0 saturated carbocycles. The number of likely N-dealkylation sites (tertiary alicyclic amines) is 2. The van der Waals surface area contributed by atoms with Crippen molar-refractivity contribution < 1.29 is 38.5 Å². The minimum absolute atomic E-state index is 0.0204. The van der Waals surface area contributed by atoms with Crippen LogP contribution in [0.15, 0.2) is 76.4 Å². The van der Waals surface area contributed by atoms with Gasteiger partial charge >= 0.3 is 12.1 Å². The van der Waals surface area contributed by atoms with Crippen molar-refractivity contribution in [2.75, 3.05) is 32.5 Å². The predicted molar refractivity (Wildman–Crippen MR) is 183 cm³/mol. The number of rotatable bonds is 8. The van der Waals surface area contributed by atoms with Gasteiger partial charge in [0.25, 0.3) is 5.91 Å². The molecule has 0 radical (unpaired) electrons. The number of carbonyl (C=O) groups is 4. The van der Waals surface area contributed by atoms with Crippen LogP contribution >= 0.6 is 11.8 Å². The predicted octanol–water partition coefficient (Wildman–Crippen LogP) is 4.27. The molecule has 3 fully saturated rings. The van der Waals surface area contributed by atoms with Crippen molar-refractivity contribution in [3.8, 4) is 11.5 Å². The molecule has 4 heterocycles. The molecule has 0 spiro atoms. The molecule has 0 aromatic heterocycles. The van der Waals surface area contributed by atoms with E-state index in [1.165, 1.54) is 22.9 Å². The quantitative estimate of drug-likeness (QED) is 0.187. The van der Waals surface area contributed by atoms with Crippen LogP contribution in [0.5, 0.6) is 11.5 Å². The van der Waals surface area contributed by atoms with Crippen LogP contribution < -0.4 is 4.74 Å². The number of aliphatic imine (C=N–C) groups is 1. The molecular weight excluding hydrogens is 648 g/mol. The van der Waals surface area contributed by atoms with E-state index in [-0.39, 0.29) is 35.9 Å². The average Bonchev–Trinajstić information content (AvgIpc) is 3.70. The van der Waals surface area contributed by atoms with Gasteiger partial charge in [-0.2, -0.15) is 0 Å². The topological polar surface area (TPSA) is 138 Å². The normalized spacial score (nSPS) is 23.3. The molecule has 2 aromatic carbocycles. The van der Waals surface area contributed by atoms with E-state index in [9.17, 15) is 24.3 Å². The number of aromatic hydroxyl groups is 1. The van der Waals surface area contributed by atoms with Crippen LogP contribution in [0.2, 0.25) is 0 Å². The molecule has 2 aromatic rings. The second-order valence-corrected chi connectivity index (χ2v) is 14.4. The first kappa shape index (κ1) is 34.1. The van der Waals surface area contributed by atoms with E-state index in [4.69, 9.17) is 14.2 Å². The van der Waals surface area contributed by atoms with Crippen molar-refractivity contribution in [2.45, 2.75) is 63.3 Å². The number of esters is 1. The van der Waals surface area contributed by atoms with E-state index < -0.39 is 29.1 Å². The molecular formula is C36H40N4O8S. The smallest absolute Gasteiger partial charge is 0.410 e. The van der Waals surface area contributed by atoms with Crippen molar-refractivity contribution >= 4 is 41.9 Å². The summed E-state index contributed by atoms with van der Waals surface area (Å²) in [7, 11) is 1.57. The Labute approximate surface area is 289 Å². The number of hydrogen-bond acceptors (Lipinski definition) is 10. The maximum Gasteiger partial charge on any atom is 0.410 e. The molecule has 13 heteroatoms. The van der Waals surface area contributed by atoms with Crippen LogP contribution in [-0.2, 0) is 30.5 Å². The number of phenolic OH excluding ortho intramolecular Hbond substituents is 1. The summed E-state index contributed by atoms with van der Waals surface area (Å²) in [5.41, 5.74) is 1.79. The van der Waals surface area contributed by atoms with Crippen LogP contribution in [0.25, 0.3) is 0 Å². The van der Waals surface area contributed by atoms with E-state index in [2.05, 4.69) is 4.99 Å². The third kappa shape index (κ3) is 7.31. The van der Waals surface area contributed by atoms with Gasteiger partial charge in [-0.3, -0.25) is 19.5 Å². The number of amides is 3. The summed E-state index contributed by atoms with van der Waals surface area (Å²) < 4.78 is 16.5. The summed E-state index contributed by atoms with van der Waals surface area (Å²) >= 11 is 1.45. The number of β-lactam (4-membered cyclic amide) rings is 1. The second kappa shape index (κ2) is 14.0. The fraction of sp³-hybridized carbons (Fsp3) is 0.417. The molecule has 6 rings (SSSR count). The third-order valence-corrected chi connectivity index (χ3v) is 10.1. The molecule has 0 bridgehead atoms. The standard InChI is InChI=1S/C36H40N4O8S/c1-36(2,3)48-35(45)38-15-14-26(19-38)39-16-13-23(31(39)42)17-25-21-49-33-29(37-18-24-7-5-6-8-28(24)41)32(43)40(33)30(25)34(44)47-20-22-9-11-27(46-4)12-10-22/h5-12,17-18,26,29,33,41H,13-16,19-21H2,1-4H3/b23-17+,37-18-/t26-,29-,33?/m1/s1. The summed E-state index contributed by atoms with van der Waals surface area (Å²) in [4.78, 5) is 62.9. The Kier molecular flexibility index (Phi) is 9.73. The highest BCUT2D eigenvalue weighted by atomic mass is 32.2. The molecule has 1 unspecified atom stereocenters. The van der Waals surface area contributed by atoms with Crippen LogP contribution in [-0.4, -0.2) is 105 Å². The maximum absolute atomic E-state index is 13.7. The number of benzene rings is 2. The van der Waals surface area contributed by atoms with Crippen LogP contribution in [0.1, 0.15) is 44.7 Å². The van der Waals surface area contributed by atoms with Crippen molar-refractivity contribution in [1.29, 1.82) is 0 Å². The summed E-state index contributed by atoms with van der Waals surface area (Å²) in [6.45, 7) is 6.82. The van der Waals surface area contributed by atoms with Gasteiger partial charge in [-0.25, -0.2) is 9.59 Å². The van der Waals surface area contributed by atoms with E-state index in [0.29, 0.717) is 60.7 Å². The second-order valence-electron chi connectivity index (χ2n) is 13.3. The number of para-hydroxylation sites is 1. The molecule has 3 atom stereocenters. The van der Waals surface area contributed by atoms with E-state index in [1.54, 1.807) is 71.5 Å². The Balaban J connectivity index is 1.22. The molecule has 258 valence electrons. The minimum Gasteiger partial charge on any atom is -0.507 e. The minimum atomic E-state index is -0.748. The zero-order valence-electron chi connectivity index (χ0n) is 28.0. The van der Waals surface area contributed by atoms with Crippen molar-refractivity contribution in [2.24, 2.45) is 4.99 Å². The summed E-state index contributed by atoms with van der Waals surface area (Å²) in [6.07, 6.45) is 3.91. The maximum atomic E-state index is 13.7. The number of fused-ring (bicyclic) bond motifs is 1. The largest absolute Gasteiger partial charge is 0.507 e. The van der Waals surface area contributed by atoms with Crippen molar-refractivity contribution in [3.05, 3.63) is 82.6 Å². The number of phenols is 1. The van der Waals surface area contributed by atoms with Crippen LogP contribution in [0.3, 0.4) is 0 Å². The zero-order chi connectivity index (χ0) is 34.9. The lowest BCUT2D eigenvalue weighted by molar-refractivity contribution is -0.151. The number of thioether (sulfide) groups is 1. The number of carbonyl (C=O) groups excluding carboxylic acids is 4. The highest BCUT2D eigenvalue weighted by Crippen LogP contribution is 2.43. The van der Waals surface area contributed by atoms with Gasteiger partial charge in [-0.15, -0.1) is 11.8 Å². The van der Waals surface area contributed by atoms with Gasteiger partial charge < -0.3 is 29.1 Å². The van der Waals surface area contributed by atoms with Crippen LogP contribution in [0, 0.1) is 0 Å². The van der Waals surface area contributed by atoms with Crippen molar-refractivity contribution in [3.63, 3.8) is 0 Å². The number of allylic oxidation sites excluding steroid dienone is 1. The fourth-order valence-electron chi connectivity index (χ4n) is 6.24. The first-order chi connectivity index (χ1) is 23.4. The van der Waals surface area contributed by atoms with Gasteiger partial charge in [0.1, 0.15) is 34.8 Å². The van der Waals surface area contributed by atoms with E-state index in [0.717, 1.165) is 5.56 Å². The monoisotopic (exact) mass is 688 g/mol. The highest BCUT2D eigenvalue weighted by molar-refractivity contribution is 8.00. The lowest BCUT2D eigenvalue weighted by Crippen LogP contribution is -2.64. The van der Waals surface area contributed by atoms with Gasteiger partial charge in [-0.05, 0) is 75.1 Å². The van der Waals surface area contributed by atoms with Crippen LogP contribution in [0.4, 0.5) is 4.79 Å². The summed E-state index contributed by atoms with van der Waals surface area (Å²) in [6, 6.07) is 12.9. The Bertz CT molecular complexity index is 1730. The average molecular weight is 689 g/mol. The molecule has 4 aliphatic rings. The number of ether oxygens (including phenoxy) is 3. The molecule has 3 amide bonds. The summed E-state index contributed by atoms with van der Waals surface area (Å²) in [5.74, 6) is -0.114. The lowest BCUT2D eigenvalue weighted by atomic mass is 10.0. The SMILES string of the molecule is COc1ccc(COC(=O)C2=C(/C=C3\CCN([C@@H]4CCN(C(=O)OC(C)(C)C)C4)C3=O)CSC3[C@H](/N=C\c4ccccc4O)C(=O)N23)cc1. The highest BCUT2D eigenvalue weighted by Gasteiger charge is 2.54. The Morgan fingerprint density at radius 3 is 2.55 bits per heavy atom. The number of hydrogen-bond donors (Lipinski definition) is 1. The van der Waals surface area contributed by atoms with Gasteiger partial charge in [0, 0.05) is 42.7 Å². The zero-order valence-corrected chi connectivity index (χ0v) is 28.8. The van der Waals surface area contributed by atoms with Gasteiger partial charge in [0.05, 0.1) is 13.2 Å². The van der Waals surface area contributed by atoms with Gasteiger partial charge in [0.2, 0.25) is 5.91 Å². The lowest BCUT2D eigenvalue weighted by Gasteiger charge is -2.47. The Morgan fingerprint density at radius 2 is 1.84 bits per heavy atom. The Morgan fingerprint density at radius 1 is 1.08 bits per heavy atom. The summed E-state index contributed by atoms with van der Waals surface area (Å²) in [5, 5.41) is 9.69. The van der Waals surface area contributed by atoms with Crippen molar-refractivity contribution in [1.82, 2.24) is 14.7 Å². The van der Waals surface area contributed by atoms with Gasteiger partial charge in [0.15, 0.2) is 6.04 Å². The van der Waals surface area contributed by atoms with E-state index >= 15 is 0 Å². The molecule has 3 saturated heterocycles. The number of methoxy groups -OCH3 is 1. The number of nitrogens with zero attached hydrogens (tertiary/aromatic N) is 4. The molecule has 4 aliphatic heterocycles. The van der Waals surface area contributed by atoms with Gasteiger partial charge in [-0.1, -0.05) is 24.3 Å². The molecule has 0 aliphatic carbocycles. The molecule has 12 nitrogen and oxygen atoms in total. The molecule has 1 N–H and O–H groups in total. The fourth-order valence-corrected chi connectivity index (χ4v) is 7.54.